The van der Waals surface area contributed by atoms with Crippen molar-refractivity contribution in [2.45, 2.75) is 11.1 Å². The zero-order chi connectivity index (χ0) is 22.5. The molecule has 166 valence electrons. The number of hydrogen-bond donors (Lipinski definition) is 3. The lowest BCUT2D eigenvalue weighted by Crippen LogP contribution is -2.21. The van der Waals surface area contributed by atoms with Crippen molar-refractivity contribution in [1.29, 1.82) is 0 Å². The van der Waals surface area contributed by atoms with Crippen molar-refractivity contribution in [2.75, 3.05) is 26.2 Å². The minimum Gasteiger partial charge on any atom is -0.481 e. The number of fused-ring (bicyclic) bond motifs is 1. The second-order valence-electron chi connectivity index (χ2n) is 6.53. The third-order valence-electron chi connectivity index (χ3n) is 4.45. The van der Waals surface area contributed by atoms with Gasteiger partial charge < -0.3 is 20.7 Å². The number of nitrogens with two attached hydrogens (primary N) is 1. The van der Waals surface area contributed by atoms with E-state index in [-0.39, 0.29) is 30.9 Å². The van der Waals surface area contributed by atoms with Gasteiger partial charge in [-0.25, -0.2) is 18.5 Å². The molecule has 2 heterocycles. The van der Waals surface area contributed by atoms with Crippen LogP contribution in [0.25, 0.3) is 0 Å². The number of nitrogens with zero attached hydrogens (tertiary/aromatic N) is 2. The van der Waals surface area contributed by atoms with Crippen LogP contribution in [-0.2, 0) is 9.59 Å². The number of halogens is 4. The van der Waals surface area contributed by atoms with Crippen molar-refractivity contribution in [1.82, 2.24) is 9.29 Å². The predicted octanol–water partition coefficient (Wildman–Crippen LogP) is 2.18. The average molecular weight is 453 g/mol. The number of ether oxygens (including phenoxy) is 1. The molecule has 1 aromatic heterocycles. The molecule has 2 aliphatic rings. The molecule has 1 aromatic rings. The van der Waals surface area contributed by atoms with Gasteiger partial charge in [0.05, 0.1) is 12.2 Å². The Balaban J connectivity index is 0.000000396. The minimum atomic E-state index is -5.08. The highest BCUT2D eigenvalue weighted by Gasteiger charge is 2.59. The van der Waals surface area contributed by atoms with Gasteiger partial charge in [0.2, 0.25) is 5.88 Å². The maximum Gasteiger partial charge on any atom is 0.490 e. The van der Waals surface area contributed by atoms with Crippen LogP contribution in [0.5, 0.6) is 5.88 Å². The van der Waals surface area contributed by atoms with E-state index in [2.05, 4.69) is 9.29 Å². The molecule has 3 rings (SSSR count). The van der Waals surface area contributed by atoms with Gasteiger partial charge in [0, 0.05) is 42.4 Å². The predicted molar refractivity (Wildman–Crippen MR) is 97.2 cm³/mol. The Kier molecular flexibility index (Phi) is 8.03. The van der Waals surface area contributed by atoms with Crippen molar-refractivity contribution in [3.05, 3.63) is 30.2 Å². The Bertz CT molecular complexity index is 779. The third kappa shape index (κ3) is 6.57. The molecule has 1 aliphatic carbocycles. The first kappa shape index (κ1) is 23.9. The Labute approximate surface area is 172 Å². The topological polar surface area (TPSA) is 126 Å². The normalized spacial score (nSPS) is 23.2. The van der Waals surface area contributed by atoms with E-state index in [0.29, 0.717) is 17.8 Å². The fraction of sp³-hybridized carbons (Fsp3) is 0.471. The summed E-state index contributed by atoms with van der Waals surface area (Å²) in [7, 11) is 0. The van der Waals surface area contributed by atoms with Gasteiger partial charge in [-0.1, -0.05) is 0 Å². The fourth-order valence-corrected chi connectivity index (χ4v) is 3.91. The molecular formula is C17H19F4N3O5S. The molecule has 0 radical (unpaired) electrons. The number of alkyl halides is 3. The molecule has 8 nitrogen and oxygen atoms in total. The number of carboxylic acids is 2. The summed E-state index contributed by atoms with van der Waals surface area (Å²) in [5.41, 5.74) is 5.72. The molecule has 30 heavy (non-hydrogen) atoms. The van der Waals surface area contributed by atoms with E-state index < -0.39 is 18.1 Å². The van der Waals surface area contributed by atoms with Gasteiger partial charge in [-0.3, -0.25) is 4.79 Å². The van der Waals surface area contributed by atoms with E-state index in [4.69, 9.17) is 25.5 Å². The van der Waals surface area contributed by atoms with Crippen LogP contribution in [0.2, 0.25) is 0 Å². The highest BCUT2D eigenvalue weighted by Crippen LogP contribution is 2.53. The van der Waals surface area contributed by atoms with Crippen LogP contribution >= 0.6 is 11.9 Å². The summed E-state index contributed by atoms with van der Waals surface area (Å²) in [6.45, 7) is 1.79. The average Bonchev–Trinajstić information content (AvgIpc) is 3.20. The second-order valence-corrected chi connectivity index (χ2v) is 7.70. The highest BCUT2D eigenvalue weighted by molar-refractivity contribution is 7.97. The molecular weight excluding hydrogens is 434 g/mol. The van der Waals surface area contributed by atoms with Gasteiger partial charge in [-0.05, 0) is 29.9 Å². The van der Waals surface area contributed by atoms with Crippen molar-refractivity contribution >= 4 is 23.9 Å². The summed E-state index contributed by atoms with van der Waals surface area (Å²) in [5, 5.41) is 16.1. The van der Waals surface area contributed by atoms with Crippen LogP contribution in [0.4, 0.5) is 17.6 Å². The first-order valence-corrected chi connectivity index (χ1v) is 9.37. The molecule has 13 heteroatoms. The number of piperidine rings is 1. The minimum absolute atomic E-state index is 0.0819. The molecule has 1 saturated heterocycles. The standard InChI is InChI=1S/C15H18FN3O3S.C2HF3O2/c16-3-9(4-17)8-22-13-2-1-10(5-18-13)23-19-6-11-12(7-19)14(11)15(20)21;3-2(4,5)1(6)7/h1-3,5,11-12,14H,4,6-8,17H2,(H,20,21);(H,6,7)/b9-3+;/t11-,12+,14?;. The molecule has 1 aliphatic heterocycles. The smallest absolute Gasteiger partial charge is 0.481 e. The SMILES string of the molecule is NC/C(=C\F)COc1ccc(SN2C[C@@H]3C(C(=O)O)[C@@H]3C2)cn1.O=C(O)C(F)(F)F. The molecule has 0 bridgehead atoms. The van der Waals surface area contributed by atoms with Gasteiger partial charge in [0.15, 0.2) is 0 Å². The van der Waals surface area contributed by atoms with Crippen molar-refractivity contribution in [3.63, 3.8) is 0 Å². The summed E-state index contributed by atoms with van der Waals surface area (Å²) in [6.07, 6.45) is -2.94. The van der Waals surface area contributed by atoms with Crippen molar-refractivity contribution in [3.8, 4) is 5.88 Å². The zero-order valence-electron chi connectivity index (χ0n) is 15.4. The summed E-state index contributed by atoms with van der Waals surface area (Å²) in [4.78, 5) is 25.0. The highest BCUT2D eigenvalue weighted by atomic mass is 32.2. The van der Waals surface area contributed by atoms with E-state index in [9.17, 15) is 22.4 Å². The quantitative estimate of drug-likeness (QED) is 0.421. The molecule has 4 N–H and O–H groups in total. The van der Waals surface area contributed by atoms with Crippen molar-refractivity contribution < 1.29 is 42.1 Å². The van der Waals surface area contributed by atoms with Gasteiger partial charge in [-0.15, -0.1) is 0 Å². The second kappa shape index (κ2) is 10.1. The molecule has 1 saturated carbocycles. The van der Waals surface area contributed by atoms with E-state index in [1.807, 2.05) is 6.07 Å². The number of carbonyl (C=O) groups is 2. The Morgan fingerprint density at radius 3 is 2.30 bits per heavy atom. The fourth-order valence-electron chi connectivity index (χ4n) is 2.89. The van der Waals surface area contributed by atoms with Crippen LogP contribution in [0.3, 0.4) is 0 Å². The number of aliphatic carboxylic acids is 2. The van der Waals surface area contributed by atoms with Crippen LogP contribution < -0.4 is 10.5 Å². The number of rotatable bonds is 7. The number of aromatic nitrogens is 1. The first-order valence-electron chi connectivity index (χ1n) is 8.59. The Morgan fingerprint density at radius 2 is 1.90 bits per heavy atom. The van der Waals surface area contributed by atoms with Gasteiger partial charge >= 0.3 is 18.1 Å². The number of pyridine rings is 1. The van der Waals surface area contributed by atoms with Crippen LogP contribution in [0, 0.1) is 17.8 Å². The lowest BCUT2D eigenvalue weighted by atomic mass is 10.3. The number of carboxylic acid groups (broad SMARTS) is 2. The zero-order valence-corrected chi connectivity index (χ0v) is 16.2. The van der Waals surface area contributed by atoms with E-state index >= 15 is 0 Å². The third-order valence-corrected chi connectivity index (χ3v) is 5.46. The lowest BCUT2D eigenvalue weighted by Gasteiger charge is -2.17. The van der Waals surface area contributed by atoms with Gasteiger partial charge in [0.1, 0.15) is 6.61 Å². The Morgan fingerprint density at radius 1 is 1.30 bits per heavy atom. The van der Waals surface area contributed by atoms with Crippen molar-refractivity contribution in [2.24, 2.45) is 23.5 Å². The Hall–Kier alpha value is -2.38. The summed E-state index contributed by atoms with van der Waals surface area (Å²) in [5.74, 6) is -2.59. The van der Waals surface area contributed by atoms with Crippen LogP contribution in [0.1, 0.15) is 0 Å². The molecule has 0 spiro atoms. The van der Waals surface area contributed by atoms with E-state index in [1.54, 1.807) is 24.2 Å². The monoisotopic (exact) mass is 453 g/mol. The van der Waals surface area contributed by atoms with E-state index in [1.165, 1.54) is 0 Å². The van der Waals surface area contributed by atoms with Gasteiger partial charge in [0.25, 0.3) is 0 Å². The van der Waals surface area contributed by atoms with Crippen LogP contribution in [-0.4, -0.2) is 63.9 Å². The first-order chi connectivity index (χ1) is 14.1. The molecule has 1 unspecified atom stereocenters. The van der Waals surface area contributed by atoms with Crippen LogP contribution in [0.15, 0.2) is 35.1 Å². The number of hydrogen-bond acceptors (Lipinski definition) is 7. The molecule has 3 atom stereocenters. The maximum atomic E-state index is 12.4. The molecule has 0 amide bonds. The van der Waals surface area contributed by atoms with E-state index in [0.717, 1.165) is 18.0 Å². The maximum absolute atomic E-state index is 12.4. The lowest BCUT2D eigenvalue weighted by molar-refractivity contribution is -0.192. The summed E-state index contributed by atoms with van der Waals surface area (Å²) in [6, 6.07) is 3.61. The molecule has 2 fully saturated rings. The summed E-state index contributed by atoms with van der Waals surface area (Å²) < 4.78 is 51.6. The summed E-state index contributed by atoms with van der Waals surface area (Å²) >= 11 is 1.57. The molecule has 0 aromatic carbocycles. The van der Waals surface area contributed by atoms with Gasteiger partial charge in [-0.2, -0.15) is 13.2 Å². The largest absolute Gasteiger partial charge is 0.490 e.